The number of rotatable bonds is 6. The van der Waals surface area contributed by atoms with Crippen molar-refractivity contribution in [1.82, 2.24) is 0 Å². The van der Waals surface area contributed by atoms with Crippen LogP contribution in [-0.2, 0) is 0 Å². The Morgan fingerprint density at radius 1 is 1.39 bits per heavy atom. The monoisotopic (exact) mass is 310 g/mol. The molecule has 1 aromatic carbocycles. The summed E-state index contributed by atoms with van der Waals surface area (Å²) in [7, 11) is 0. The molecule has 0 radical (unpaired) electrons. The second kappa shape index (κ2) is 7.40. The Hall–Kier alpha value is -1.05. The smallest absolute Gasteiger partial charge is 0.103 e. The van der Waals surface area contributed by atoms with Crippen molar-refractivity contribution in [3.63, 3.8) is 0 Å². The second-order valence-corrected chi connectivity index (χ2v) is 4.99. The molecule has 0 aliphatic heterocycles. The fraction of sp³-hybridized carbons (Fsp3) is 0.500. The minimum atomic E-state index is 0.0912. The highest BCUT2D eigenvalue weighted by Gasteiger charge is 2.19. The molecule has 0 saturated carbocycles. The van der Waals surface area contributed by atoms with Crippen LogP contribution in [0.2, 0.25) is 0 Å². The topological polar surface area (TPSA) is 47.3 Å². The first-order valence-corrected chi connectivity index (χ1v) is 7.04. The maximum Gasteiger partial charge on any atom is 0.103 e. The second-order valence-electron chi connectivity index (χ2n) is 4.13. The van der Waals surface area contributed by atoms with Gasteiger partial charge in [0.1, 0.15) is 6.07 Å². The number of hydrogen-bond donors (Lipinski definition) is 1. The van der Waals surface area contributed by atoms with Crippen LogP contribution in [0.5, 0.6) is 0 Å². The van der Waals surface area contributed by atoms with E-state index in [0.717, 1.165) is 23.0 Å². The lowest BCUT2D eigenvalue weighted by Gasteiger charge is -2.33. The van der Waals surface area contributed by atoms with E-state index >= 15 is 0 Å². The molecule has 0 unspecified atom stereocenters. The standard InChI is InChI=1S/C14H19BrN2O/c1-3-11(4-2)17(8-9-18)14-7-5-6-13(15)12(14)10-16/h5-7,11,18H,3-4,8-9H2,1-2H3. The largest absolute Gasteiger partial charge is 0.395 e. The third-order valence-electron chi connectivity index (χ3n) is 3.14. The predicted molar refractivity (Wildman–Crippen MR) is 77.7 cm³/mol. The minimum Gasteiger partial charge on any atom is -0.395 e. The Balaban J connectivity index is 3.21. The Bertz CT molecular complexity index is 424. The van der Waals surface area contributed by atoms with Crippen molar-refractivity contribution in [1.29, 1.82) is 5.26 Å². The average molecular weight is 311 g/mol. The zero-order valence-electron chi connectivity index (χ0n) is 10.9. The first-order chi connectivity index (χ1) is 8.69. The molecule has 0 amide bonds. The molecule has 0 atom stereocenters. The van der Waals surface area contributed by atoms with E-state index in [9.17, 15) is 10.4 Å². The van der Waals surface area contributed by atoms with Crippen LogP contribution in [0.3, 0.4) is 0 Å². The molecule has 1 rings (SSSR count). The summed E-state index contributed by atoms with van der Waals surface area (Å²) < 4.78 is 0.802. The number of anilines is 1. The van der Waals surface area contributed by atoms with Gasteiger partial charge in [0.2, 0.25) is 0 Å². The lowest BCUT2D eigenvalue weighted by Crippen LogP contribution is -2.37. The van der Waals surface area contributed by atoms with Crippen LogP contribution in [0.1, 0.15) is 32.3 Å². The molecule has 1 aromatic rings. The molecule has 98 valence electrons. The number of nitrogens with zero attached hydrogens (tertiary/aromatic N) is 2. The third-order valence-corrected chi connectivity index (χ3v) is 3.80. The van der Waals surface area contributed by atoms with E-state index in [0.29, 0.717) is 18.2 Å². The van der Waals surface area contributed by atoms with Crippen LogP contribution < -0.4 is 4.90 Å². The van der Waals surface area contributed by atoms with Crippen molar-refractivity contribution in [2.75, 3.05) is 18.1 Å². The summed E-state index contributed by atoms with van der Waals surface area (Å²) in [6.07, 6.45) is 1.99. The minimum absolute atomic E-state index is 0.0912. The molecule has 4 heteroatoms. The van der Waals surface area contributed by atoms with E-state index in [4.69, 9.17) is 0 Å². The van der Waals surface area contributed by atoms with Gasteiger partial charge in [0.05, 0.1) is 17.9 Å². The van der Waals surface area contributed by atoms with Crippen LogP contribution in [-0.4, -0.2) is 24.3 Å². The van der Waals surface area contributed by atoms with Gasteiger partial charge in [-0.1, -0.05) is 19.9 Å². The normalized spacial score (nSPS) is 10.4. The molecule has 0 spiro atoms. The highest BCUT2D eigenvalue weighted by molar-refractivity contribution is 9.10. The molecule has 18 heavy (non-hydrogen) atoms. The van der Waals surface area contributed by atoms with E-state index in [1.807, 2.05) is 18.2 Å². The van der Waals surface area contributed by atoms with Gasteiger partial charge in [-0.3, -0.25) is 0 Å². The first-order valence-electron chi connectivity index (χ1n) is 6.25. The van der Waals surface area contributed by atoms with Crippen molar-refractivity contribution in [3.8, 4) is 6.07 Å². The SMILES string of the molecule is CCC(CC)N(CCO)c1cccc(Br)c1C#N. The summed E-state index contributed by atoms with van der Waals surface area (Å²) in [4.78, 5) is 2.13. The van der Waals surface area contributed by atoms with Gasteiger partial charge in [-0.2, -0.15) is 5.26 Å². The van der Waals surface area contributed by atoms with Crippen LogP contribution in [0.15, 0.2) is 22.7 Å². The fourth-order valence-corrected chi connectivity index (χ4v) is 2.64. The number of benzene rings is 1. The summed E-state index contributed by atoms with van der Waals surface area (Å²) >= 11 is 3.41. The fourth-order valence-electron chi connectivity index (χ4n) is 2.20. The van der Waals surface area contributed by atoms with Crippen LogP contribution >= 0.6 is 15.9 Å². The van der Waals surface area contributed by atoms with Crippen molar-refractivity contribution < 1.29 is 5.11 Å². The molecular formula is C14H19BrN2O. The first kappa shape index (κ1) is 15.0. The lowest BCUT2D eigenvalue weighted by atomic mass is 10.1. The van der Waals surface area contributed by atoms with Crippen molar-refractivity contribution in [2.45, 2.75) is 32.7 Å². The van der Waals surface area contributed by atoms with Gasteiger partial charge in [0.15, 0.2) is 0 Å². The Morgan fingerprint density at radius 2 is 2.06 bits per heavy atom. The number of hydrogen-bond acceptors (Lipinski definition) is 3. The van der Waals surface area contributed by atoms with Crippen LogP contribution in [0.4, 0.5) is 5.69 Å². The molecule has 0 fully saturated rings. The Labute approximate surface area is 117 Å². The Morgan fingerprint density at radius 3 is 2.56 bits per heavy atom. The highest BCUT2D eigenvalue weighted by Crippen LogP contribution is 2.29. The predicted octanol–water partition coefficient (Wildman–Crippen LogP) is 3.31. The molecular weight excluding hydrogens is 292 g/mol. The lowest BCUT2D eigenvalue weighted by molar-refractivity contribution is 0.296. The molecule has 0 heterocycles. The van der Waals surface area contributed by atoms with Crippen molar-refractivity contribution >= 4 is 21.6 Å². The summed E-state index contributed by atoms with van der Waals surface area (Å²) in [6.45, 7) is 4.90. The number of halogens is 1. The molecule has 1 N–H and O–H groups in total. The number of aliphatic hydroxyl groups is 1. The van der Waals surface area contributed by atoms with Gasteiger partial charge in [0, 0.05) is 17.1 Å². The maximum absolute atomic E-state index is 9.27. The van der Waals surface area contributed by atoms with E-state index in [2.05, 4.69) is 40.7 Å². The van der Waals surface area contributed by atoms with E-state index in [1.54, 1.807) is 0 Å². The summed E-state index contributed by atoms with van der Waals surface area (Å²) in [5, 5.41) is 18.5. The van der Waals surface area contributed by atoms with E-state index in [1.165, 1.54) is 0 Å². The zero-order chi connectivity index (χ0) is 13.5. The van der Waals surface area contributed by atoms with Crippen LogP contribution in [0, 0.1) is 11.3 Å². The average Bonchev–Trinajstić information content (AvgIpc) is 2.38. The molecule has 0 bridgehead atoms. The zero-order valence-corrected chi connectivity index (χ0v) is 12.4. The summed E-state index contributed by atoms with van der Waals surface area (Å²) in [5.74, 6) is 0. The van der Waals surface area contributed by atoms with Gasteiger partial charge in [-0.15, -0.1) is 0 Å². The van der Waals surface area contributed by atoms with E-state index < -0.39 is 0 Å². The van der Waals surface area contributed by atoms with Crippen molar-refractivity contribution in [3.05, 3.63) is 28.2 Å². The van der Waals surface area contributed by atoms with Gasteiger partial charge >= 0.3 is 0 Å². The summed E-state index contributed by atoms with van der Waals surface area (Å²) in [6, 6.07) is 8.31. The maximum atomic E-state index is 9.27. The summed E-state index contributed by atoms with van der Waals surface area (Å²) in [5.41, 5.74) is 1.53. The third kappa shape index (κ3) is 3.24. The van der Waals surface area contributed by atoms with Gasteiger partial charge < -0.3 is 10.0 Å². The molecule has 0 aromatic heterocycles. The Kier molecular flexibility index (Phi) is 6.17. The molecule has 0 aliphatic carbocycles. The van der Waals surface area contributed by atoms with Crippen molar-refractivity contribution in [2.24, 2.45) is 0 Å². The molecule has 3 nitrogen and oxygen atoms in total. The van der Waals surface area contributed by atoms with Gasteiger partial charge in [0.25, 0.3) is 0 Å². The molecule has 0 saturated heterocycles. The molecule has 0 aliphatic rings. The quantitative estimate of drug-likeness (QED) is 0.877. The highest BCUT2D eigenvalue weighted by atomic mass is 79.9. The van der Waals surface area contributed by atoms with Gasteiger partial charge in [-0.25, -0.2) is 0 Å². The van der Waals surface area contributed by atoms with Crippen LogP contribution in [0.25, 0.3) is 0 Å². The number of nitriles is 1. The van der Waals surface area contributed by atoms with Gasteiger partial charge in [-0.05, 0) is 40.9 Å². The van der Waals surface area contributed by atoms with E-state index in [-0.39, 0.29) is 6.61 Å². The number of aliphatic hydroxyl groups excluding tert-OH is 1.